The van der Waals surface area contributed by atoms with Crippen LogP contribution in [0.25, 0.3) is 0 Å². The molecule has 2 saturated carbocycles. The summed E-state index contributed by atoms with van der Waals surface area (Å²) in [6.45, 7) is 7.61. The van der Waals surface area contributed by atoms with E-state index in [-0.39, 0.29) is 5.41 Å². The number of ketones is 1. The van der Waals surface area contributed by atoms with E-state index in [1.807, 2.05) is 0 Å². The maximum absolute atomic E-state index is 10.5. The highest BCUT2D eigenvalue weighted by Crippen LogP contribution is 2.44. The molecular weight excluding hydrogens is 236 g/mol. The zero-order valence-electron chi connectivity index (χ0n) is 13.0. The van der Waals surface area contributed by atoms with Gasteiger partial charge in [0.05, 0.1) is 0 Å². The Hall–Kier alpha value is -0.410. The molecule has 0 spiro atoms. The molecule has 19 heavy (non-hydrogen) atoms. The first-order chi connectivity index (χ1) is 8.76. The molecule has 2 aliphatic rings. The van der Waals surface area contributed by atoms with Gasteiger partial charge in [-0.1, -0.05) is 27.2 Å². The van der Waals surface area contributed by atoms with Crippen LogP contribution in [0.4, 0.5) is 0 Å². The number of Topliss-reactive ketones (excluding diaryl/α,β-unsaturated/α-hetero) is 1. The molecule has 2 rings (SSSR count). The monoisotopic (exact) mass is 268 g/mol. The maximum atomic E-state index is 10.5. The van der Waals surface area contributed by atoms with Crippen molar-refractivity contribution in [1.29, 1.82) is 0 Å². The Bertz CT molecular complexity index is 293. The Labute approximate surface area is 118 Å². The van der Waals surface area contributed by atoms with Gasteiger partial charge in [0.2, 0.25) is 0 Å². The summed E-state index contributed by atoms with van der Waals surface area (Å²) in [5.41, 5.74) is 12.4. The molecule has 0 aliphatic heterocycles. The highest BCUT2D eigenvalue weighted by atomic mass is 16.1. The van der Waals surface area contributed by atoms with Crippen molar-refractivity contribution in [1.82, 2.24) is 0 Å². The van der Waals surface area contributed by atoms with Crippen molar-refractivity contribution in [2.24, 2.45) is 22.3 Å². The molecular formula is C16H32N2O. The lowest BCUT2D eigenvalue weighted by Crippen LogP contribution is -2.45. The Kier molecular flexibility index (Phi) is 6.00. The SMILES string of the molecule is CC1(C)CC(N)CC(C)(CN)C1.O=C1CCCCC1. The van der Waals surface area contributed by atoms with Gasteiger partial charge in [0.15, 0.2) is 0 Å². The van der Waals surface area contributed by atoms with Crippen molar-refractivity contribution in [3.63, 3.8) is 0 Å². The predicted octanol–water partition coefficient (Wildman–Crippen LogP) is 3.01. The van der Waals surface area contributed by atoms with E-state index in [0.29, 0.717) is 17.2 Å². The van der Waals surface area contributed by atoms with Crippen LogP contribution in [0.1, 0.15) is 72.1 Å². The van der Waals surface area contributed by atoms with E-state index in [1.54, 1.807) is 0 Å². The van der Waals surface area contributed by atoms with E-state index in [4.69, 9.17) is 11.5 Å². The molecule has 0 saturated heterocycles. The minimum absolute atomic E-state index is 0.279. The highest BCUT2D eigenvalue weighted by molar-refractivity contribution is 5.78. The largest absolute Gasteiger partial charge is 0.330 e. The van der Waals surface area contributed by atoms with Crippen LogP contribution >= 0.6 is 0 Å². The first-order valence-electron chi connectivity index (χ1n) is 7.74. The van der Waals surface area contributed by atoms with Crippen LogP contribution in [0, 0.1) is 10.8 Å². The Morgan fingerprint density at radius 3 is 2.05 bits per heavy atom. The first-order valence-corrected chi connectivity index (χ1v) is 7.74. The molecule has 4 N–H and O–H groups in total. The van der Waals surface area contributed by atoms with Gasteiger partial charge >= 0.3 is 0 Å². The summed E-state index contributed by atoms with van der Waals surface area (Å²) in [7, 11) is 0. The fourth-order valence-corrected chi connectivity index (χ4v) is 3.82. The van der Waals surface area contributed by atoms with Crippen molar-refractivity contribution >= 4 is 5.78 Å². The van der Waals surface area contributed by atoms with Gasteiger partial charge in [-0.3, -0.25) is 4.79 Å². The fraction of sp³-hybridized carbons (Fsp3) is 0.938. The molecule has 112 valence electrons. The van der Waals surface area contributed by atoms with Gasteiger partial charge in [0, 0.05) is 18.9 Å². The smallest absolute Gasteiger partial charge is 0.132 e. The molecule has 2 aliphatic carbocycles. The van der Waals surface area contributed by atoms with Crippen molar-refractivity contribution in [2.75, 3.05) is 6.54 Å². The summed E-state index contributed by atoms with van der Waals surface area (Å²) in [5.74, 6) is 0.464. The normalized spacial score (nSPS) is 34.4. The topological polar surface area (TPSA) is 69.1 Å². The number of hydrogen-bond acceptors (Lipinski definition) is 3. The van der Waals surface area contributed by atoms with Crippen LogP contribution in [0.2, 0.25) is 0 Å². The van der Waals surface area contributed by atoms with Crippen molar-refractivity contribution < 1.29 is 4.79 Å². The molecule has 0 bridgehead atoms. The summed E-state index contributed by atoms with van der Waals surface area (Å²) in [6, 6.07) is 0.349. The summed E-state index contributed by atoms with van der Waals surface area (Å²) in [5, 5.41) is 0. The van der Waals surface area contributed by atoms with Crippen molar-refractivity contribution in [3.05, 3.63) is 0 Å². The fourth-order valence-electron chi connectivity index (χ4n) is 3.82. The number of hydrogen-bond donors (Lipinski definition) is 2. The van der Waals surface area contributed by atoms with E-state index < -0.39 is 0 Å². The third kappa shape index (κ3) is 6.05. The summed E-state index contributed by atoms with van der Waals surface area (Å²) in [4.78, 5) is 10.5. The maximum Gasteiger partial charge on any atom is 0.132 e. The molecule has 3 nitrogen and oxygen atoms in total. The van der Waals surface area contributed by atoms with Crippen LogP contribution in [0.15, 0.2) is 0 Å². The minimum Gasteiger partial charge on any atom is -0.330 e. The molecule has 0 radical (unpaired) electrons. The molecule has 2 fully saturated rings. The zero-order chi connectivity index (χ0) is 14.5. The van der Waals surface area contributed by atoms with Crippen LogP contribution in [-0.4, -0.2) is 18.4 Å². The zero-order valence-corrected chi connectivity index (χ0v) is 13.0. The van der Waals surface area contributed by atoms with Crippen LogP contribution in [-0.2, 0) is 4.79 Å². The summed E-state index contributed by atoms with van der Waals surface area (Å²) in [6.07, 6.45) is 8.68. The quantitative estimate of drug-likeness (QED) is 0.768. The molecule has 2 atom stereocenters. The molecule has 0 aromatic heterocycles. The first kappa shape index (κ1) is 16.6. The highest BCUT2D eigenvalue weighted by Gasteiger charge is 2.38. The van der Waals surface area contributed by atoms with E-state index in [2.05, 4.69) is 20.8 Å². The van der Waals surface area contributed by atoms with Gasteiger partial charge in [-0.2, -0.15) is 0 Å². The van der Waals surface area contributed by atoms with Gasteiger partial charge in [0.25, 0.3) is 0 Å². The second kappa shape index (κ2) is 6.85. The van der Waals surface area contributed by atoms with Crippen molar-refractivity contribution in [2.45, 2.75) is 78.2 Å². The second-order valence-corrected chi connectivity index (χ2v) is 7.62. The Balaban J connectivity index is 0.000000218. The predicted molar refractivity (Wildman–Crippen MR) is 80.9 cm³/mol. The number of nitrogens with two attached hydrogens (primary N) is 2. The third-order valence-corrected chi connectivity index (χ3v) is 4.38. The van der Waals surface area contributed by atoms with Gasteiger partial charge < -0.3 is 11.5 Å². The number of carbonyl (C=O) groups is 1. The average molecular weight is 268 g/mol. The molecule has 0 aromatic rings. The van der Waals surface area contributed by atoms with E-state index in [9.17, 15) is 4.79 Å². The van der Waals surface area contributed by atoms with Crippen LogP contribution in [0.5, 0.6) is 0 Å². The van der Waals surface area contributed by atoms with Crippen LogP contribution < -0.4 is 11.5 Å². The van der Waals surface area contributed by atoms with E-state index in [0.717, 1.165) is 45.1 Å². The Morgan fingerprint density at radius 2 is 1.68 bits per heavy atom. The third-order valence-electron chi connectivity index (χ3n) is 4.38. The average Bonchev–Trinajstić information content (AvgIpc) is 2.27. The lowest BCUT2D eigenvalue weighted by Gasteiger charge is -2.45. The lowest BCUT2D eigenvalue weighted by molar-refractivity contribution is -0.120. The number of rotatable bonds is 1. The number of carbonyl (C=O) groups excluding carboxylic acids is 1. The minimum atomic E-state index is 0.279. The van der Waals surface area contributed by atoms with Gasteiger partial charge in [-0.15, -0.1) is 0 Å². The summed E-state index contributed by atoms with van der Waals surface area (Å²) >= 11 is 0. The van der Waals surface area contributed by atoms with Gasteiger partial charge in [-0.05, 0) is 49.5 Å². The second-order valence-electron chi connectivity index (χ2n) is 7.62. The molecule has 0 aromatic carbocycles. The molecule has 3 heteroatoms. The lowest BCUT2D eigenvalue weighted by atomic mass is 9.63. The van der Waals surface area contributed by atoms with Gasteiger partial charge in [-0.25, -0.2) is 0 Å². The van der Waals surface area contributed by atoms with E-state index >= 15 is 0 Å². The molecule has 0 heterocycles. The van der Waals surface area contributed by atoms with Gasteiger partial charge in [0.1, 0.15) is 5.78 Å². The van der Waals surface area contributed by atoms with E-state index in [1.165, 1.54) is 12.8 Å². The summed E-state index contributed by atoms with van der Waals surface area (Å²) < 4.78 is 0. The molecule has 2 unspecified atom stereocenters. The standard InChI is InChI=1S/C10H22N2.C6H10O/c1-9(2)4-8(12)5-10(3,6-9)7-11;7-6-4-2-1-3-5-6/h8H,4-7,11-12H2,1-3H3;1-5H2. The van der Waals surface area contributed by atoms with Crippen LogP contribution in [0.3, 0.4) is 0 Å². The molecule has 0 amide bonds. The van der Waals surface area contributed by atoms with Crippen molar-refractivity contribution in [3.8, 4) is 0 Å². The Morgan fingerprint density at radius 1 is 1.11 bits per heavy atom.